The predicted octanol–water partition coefficient (Wildman–Crippen LogP) is 2.89. The van der Waals surface area contributed by atoms with E-state index in [1.54, 1.807) is 30.3 Å². The summed E-state index contributed by atoms with van der Waals surface area (Å²) in [7, 11) is 0. The molecule has 1 atom stereocenters. The number of benzene rings is 2. The maximum absolute atomic E-state index is 11.9. The second kappa shape index (κ2) is 4.86. The first-order chi connectivity index (χ1) is 9.24. The number of aliphatic hydroxyl groups is 1. The molecule has 3 heteroatoms. The number of rotatable bonds is 2. The lowest BCUT2D eigenvalue weighted by Crippen LogP contribution is -2.08. The second-order valence-electron chi connectivity index (χ2n) is 4.67. The normalized spacial score (nSPS) is 17.0. The topological polar surface area (TPSA) is 46.5 Å². The molecule has 0 radical (unpaired) electrons. The quantitative estimate of drug-likeness (QED) is 0.662. The van der Waals surface area contributed by atoms with Gasteiger partial charge in [0.25, 0.3) is 0 Å². The molecule has 1 N–H and O–H groups in total. The molecular weight excluding hydrogens is 240 g/mol. The van der Waals surface area contributed by atoms with Crippen LogP contribution in [-0.2, 0) is 6.42 Å². The molecule has 0 fully saturated rings. The van der Waals surface area contributed by atoms with Crippen molar-refractivity contribution in [1.82, 2.24) is 0 Å². The molecule has 2 aromatic rings. The number of ether oxygens (including phenoxy) is 1. The fourth-order valence-corrected chi connectivity index (χ4v) is 2.38. The Hall–Kier alpha value is -2.13. The number of esters is 1. The Labute approximate surface area is 111 Å². The Balaban J connectivity index is 1.80. The Morgan fingerprint density at radius 1 is 1.16 bits per heavy atom. The van der Waals surface area contributed by atoms with Crippen LogP contribution in [0.2, 0.25) is 0 Å². The summed E-state index contributed by atoms with van der Waals surface area (Å²) in [6, 6.07) is 14.3. The van der Waals surface area contributed by atoms with Crippen LogP contribution in [0.15, 0.2) is 48.5 Å². The SMILES string of the molecule is O=C(Oc1ccc2c(c1)CCC2O)c1ccccc1. The number of carbonyl (C=O) groups is 1. The lowest BCUT2D eigenvalue weighted by Gasteiger charge is -2.07. The van der Waals surface area contributed by atoms with Crippen LogP contribution >= 0.6 is 0 Å². The molecular formula is C16H14O3. The summed E-state index contributed by atoms with van der Waals surface area (Å²) in [5.41, 5.74) is 2.54. The Kier molecular flexibility index (Phi) is 3.05. The highest BCUT2D eigenvalue weighted by molar-refractivity contribution is 5.90. The van der Waals surface area contributed by atoms with E-state index in [9.17, 15) is 9.90 Å². The van der Waals surface area contributed by atoms with Gasteiger partial charge < -0.3 is 9.84 Å². The molecule has 19 heavy (non-hydrogen) atoms. The molecule has 0 spiro atoms. The van der Waals surface area contributed by atoms with Gasteiger partial charge in [-0.2, -0.15) is 0 Å². The second-order valence-corrected chi connectivity index (χ2v) is 4.67. The Morgan fingerprint density at radius 3 is 2.74 bits per heavy atom. The summed E-state index contributed by atoms with van der Waals surface area (Å²) in [6.07, 6.45) is 1.19. The number of hydrogen-bond acceptors (Lipinski definition) is 3. The number of carbonyl (C=O) groups excluding carboxylic acids is 1. The van der Waals surface area contributed by atoms with Crippen molar-refractivity contribution in [3.8, 4) is 5.75 Å². The number of fused-ring (bicyclic) bond motifs is 1. The molecule has 0 aliphatic heterocycles. The summed E-state index contributed by atoms with van der Waals surface area (Å²) in [5, 5.41) is 9.72. The predicted molar refractivity (Wildman–Crippen MR) is 71.1 cm³/mol. The summed E-state index contributed by atoms with van der Waals surface area (Å²) in [6.45, 7) is 0. The molecule has 0 saturated carbocycles. The third-order valence-corrected chi connectivity index (χ3v) is 3.38. The van der Waals surface area contributed by atoms with Crippen LogP contribution in [0.3, 0.4) is 0 Å². The Morgan fingerprint density at radius 2 is 1.95 bits per heavy atom. The molecule has 0 heterocycles. The first-order valence-electron chi connectivity index (χ1n) is 6.32. The van der Waals surface area contributed by atoms with Crippen molar-refractivity contribution in [2.24, 2.45) is 0 Å². The number of aliphatic hydroxyl groups excluding tert-OH is 1. The van der Waals surface area contributed by atoms with Gasteiger partial charge in [0.15, 0.2) is 0 Å². The first kappa shape index (κ1) is 11.9. The highest BCUT2D eigenvalue weighted by atomic mass is 16.5. The van der Waals surface area contributed by atoms with Crippen LogP contribution in [-0.4, -0.2) is 11.1 Å². The third kappa shape index (κ3) is 2.37. The molecule has 0 saturated heterocycles. The van der Waals surface area contributed by atoms with Gasteiger partial charge >= 0.3 is 5.97 Å². The van der Waals surface area contributed by atoms with E-state index in [1.807, 2.05) is 18.2 Å². The van der Waals surface area contributed by atoms with Gasteiger partial charge in [-0.1, -0.05) is 24.3 Å². The van der Waals surface area contributed by atoms with E-state index in [2.05, 4.69) is 0 Å². The minimum absolute atomic E-state index is 0.362. The van der Waals surface area contributed by atoms with E-state index in [4.69, 9.17) is 4.74 Å². The molecule has 1 unspecified atom stereocenters. The standard InChI is InChI=1S/C16H14O3/c17-15-9-6-12-10-13(7-8-14(12)15)19-16(18)11-4-2-1-3-5-11/h1-5,7-8,10,15,17H,6,9H2. The number of hydrogen-bond donors (Lipinski definition) is 1. The van der Waals surface area contributed by atoms with E-state index >= 15 is 0 Å². The van der Waals surface area contributed by atoms with Gasteiger partial charge in [-0.05, 0) is 48.2 Å². The third-order valence-electron chi connectivity index (χ3n) is 3.38. The zero-order chi connectivity index (χ0) is 13.2. The first-order valence-corrected chi connectivity index (χ1v) is 6.32. The maximum atomic E-state index is 11.9. The molecule has 1 aliphatic carbocycles. The van der Waals surface area contributed by atoms with Crippen molar-refractivity contribution in [3.63, 3.8) is 0 Å². The zero-order valence-corrected chi connectivity index (χ0v) is 10.4. The average molecular weight is 254 g/mol. The summed E-state index contributed by atoms with van der Waals surface area (Å²) in [4.78, 5) is 11.9. The summed E-state index contributed by atoms with van der Waals surface area (Å²) < 4.78 is 5.34. The molecule has 3 nitrogen and oxygen atoms in total. The molecule has 3 rings (SSSR count). The van der Waals surface area contributed by atoms with E-state index in [0.717, 1.165) is 24.0 Å². The van der Waals surface area contributed by atoms with Gasteiger partial charge in [0.1, 0.15) is 5.75 Å². The largest absolute Gasteiger partial charge is 0.423 e. The van der Waals surface area contributed by atoms with Gasteiger partial charge in [-0.15, -0.1) is 0 Å². The van der Waals surface area contributed by atoms with Crippen molar-refractivity contribution in [2.45, 2.75) is 18.9 Å². The van der Waals surface area contributed by atoms with Crippen molar-refractivity contribution >= 4 is 5.97 Å². The summed E-state index contributed by atoms with van der Waals surface area (Å²) in [5.74, 6) is 0.167. The molecule has 1 aliphatic rings. The van der Waals surface area contributed by atoms with Crippen LogP contribution in [0.25, 0.3) is 0 Å². The minimum atomic E-state index is -0.381. The lowest BCUT2D eigenvalue weighted by atomic mass is 10.1. The number of aryl methyl sites for hydroxylation is 1. The Bertz CT molecular complexity index is 605. The molecule has 0 amide bonds. The molecule has 2 aromatic carbocycles. The van der Waals surface area contributed by atoms with Gasteiger partial charge in [0.05, 0.1) is 11.7 Å². The van der Waals surface area contributed by atoms with Crippen molar-refractivity contribution < 1.29 is 14.6 Å². The van der Waals surface area contributed by atoms with Gasteiger partial charge in [-0.25, -0.2) is 4.79 Å². The fraction of sp³-hybridized carbons (Fsp3) is 0.188. The summed E-state index contributed by atoms with van der Waals surface area (Å²) >= 11 is 0. The van der Waals surface area contributed by atoms with E-state index in [-0.39, 0.29) is 12.1 Å². The van der Waals surface area contributed by atoms with Crippen molar-refractivity contribution in [2.75, 3.05) is 0 Å². The molecule has 96 valence electrons. The van der Waals surface area contributed by atoms with E-state index in [1.165, 1.54) is 0 Å². The minimum Gasteiger partial charge on any atom is -0.423 e. The van der Waals surface area contributed by atoms with Gasteiger partial charge in [0, 0.05) is 0 Å². The molecule has 0 aromatic heterocycles. The fourth-order valence-electron chi connectivity index (χ4n) is 2.38. The maximum Gasteiger partial charge on any atom is 0.343 e. The van der Waals surface area contributed by atoms with Gasteiger partial charge in [0.2, 0.25) is 0 Å². The molecule has 0 bridgehead atoms. The van der Waals surface area contributed by atoms with Crippen molar-refractivity contribution in [1.29, 1.82) is 0 Å². The highest BCUT2D eigenvalue weighted by Crippen LogP contribution is 2.33. The van der Waals surface area contributed by atoms with Crippen LogP contribution in [0, 0.1) is 0 Å². The highest BCUT2D eigenvalue weighted by Gasteiger charge is 2.20. The average Bonchev–Trinajstić information content (AvgIpc) is 2.81. The smallest absolute Gasteiger partial charge is 0.343 e. The van der Waals surface area contributed by atoms with Crippen LogP contribution < -0.4 is 4.74 Å². The van der Waals surface area contributed by atoms with Crippen LogP contribution in [0.1, 0.15) is 34.0 Å². The van der Waals surface area contributed by atoms with Crippen LogP contribution in [0.4, 0.5) is 0 Å². The van der Waals surface area contributed by atoms with Crippen molar-refractivity contribution in [3.05, 3.63) is 65.2 Å². The monoisotopic (exact) mass is 254 g/mol. The van der Waals surface area contributed by atoms with Crippen LogP contribution in [0.5, 0.6) is 5.75 Å². The lowest BCUT2D eigenvalue weighted by molar-refractivity contribution is 0.0734. The van der Waals surface area contributed by atoms with E-state index in [0.29, 0.717) is 11.3 Å². The zero-order valence-electron chi connectivity index (χ0n) is 10.4. The van der Waals surface area contributed by atoms with E-state index < -0.39 is 0 Å². The van der Waals surface area contributed by atoms with Gasteiger partial charge in [-0.3, -0.25) is 0 Å².